The van der Waals surface area contributed by atoms with Gasteiger partial charge in [-0.2, -0.15) is 0 Å². The summed E-state index contributed by atoms with van der Waals surface area (Å²) in [6.45, 7) is 0.856. The summed E-state index contributed by atoms with van der Waals surface area (Å²) in [7, 11) is 1.72. The van der Waals surface area contributed by atoms with Gasteiger partial charge in [0.25, 0.3) is 0 Å². The molecule has 88 valence electrons. The first-order valence-electron chi connectivity index (χ1n) is 5.17. The fourth-order valence-electron chi connectivity index (χ4n) is 1.95. The maximum Gasteiger partial charge on any atom is 0.186 e. The number of methoxy groups -OCH3 is 1. The summed E-state index contributed by atoms with van der Waals surface area (Å²) in [5, 5.41) is 3.36. The van der Waals surface area contributed by atoms with Gasteiger partial charge in [-0.15, -0.1) is 0 Å². The number of benzene rings is 1. The van der Waals surface area contributed by atoms with Crippen molar-refractivity contribution in [2.24, 2.45) is 0 Å². The first-order chi connectivity index (χ1) is 7.70. The highest BCUT2D eigenvalue weighted by Gasteiger charge is 2.24. The molecule has 1 aromatic rings. The van der Waals surface area contributed by atoms with Crippen LogP contribution in [-0.4, -0.2) is 28.5 Å². The van der Waals surface area contributed by atoms with Crippen molar-refractivity contribution in [1.82, 2.24) is 5.32 Å². The first kappa shape index (κ1) is 11.7. The molecular formula is C11H15NO3S. The van der Waals surface area contributed by atoms with E-state index in [-0.39, 0.29) is 12.1 Å². The summed E-state index contributed by atoms with van der Waals surface area (Å²) in [5.41, 5.74) is 1.13. The smallest absolute Gasteiger partial charge is 0.186 e. The van der Waals surface area contributed by atoms with Crippen molar-refractivity contribution in [1.29, 1.82) is 0 Å². The first-order valence-corrected chi connectivity index (χ1v) is 6.28. The molecule has 1 heterocycles. The van der Waals surface area contributed by atoms with Crippen LogP contribution in [0.15, 0.2) is 29.2 Å². The highest BCUT2D eigenvalue weighted by atomic mass is 32.2. The zero-order chi connectivity index (χ0) is 11.5. The van der Waals surface area contributed by atoms with Crippen molar-refractivity contribution >= 4 is 11.1 Å². The van der Waals surface area contributed by atoms with Crippen LogP contribution >= 0.6 is 0 Å². The molecular weight excluding hydrogens is 226 g/mol. The molecule has 0 radical (unpaired) electrons. The Hall–Kier alpha value is -0.750. The molecule has 1 saturated heterocycles. The Labute approximate surface area is 97.3 Å². The number of hydrogen-bond acceptors (Lipinski definition) is 3. The van der Waals surface area contributed by atoms with Crippen LogP contribution in [0.25, 0.3) is 0 Å². The van der Waals surface area contributed by atoms with Gasteiger partial charge in [0.1, 0.15) is 0 Å². The van der Waals surface area contributed by atoms with Gasteiger partial charge in [0.2, 0.25) is 0 Å². The SMILES string of the molecule is COC1CNC(c2ccc(S(=O)O)cc2)C1. The van der Waals surface area contributed by atoms with E-state index >= 15 is 0 Å². The van der Waals surface area contributed by atoms with Crippen LogP contribution < -0.4 is 5.32 Å². The Balaban J connectivity index is 2.08. The second-order valence-corrected chi connectivity index (χ2v) is 4.84. The van der Waals surface area contributed by atoms with Crippen molar-refractivity contribution < 1.29 is 13.5 Å². The lowest BCUT2D eigenvalue weighted by atomic mass is 10.1. The van der Waals surface area contributed by atoms with Crippen LogP contribution in [0.2, 0.25) is 0 Å². The van der Waals surface area contributed by atoms with Crippen LogP contribution in [0.4, 0.5) is 0 Å². The minimum Gasteiger partial charge on any atom is -0.380 e. The molecule has 16 heavy (non-hydrogen) atoms. The fourth-order valence-corrected chi connectivity index (χ4v) is 2.32. The predicted molar refractivity (Wildman–Crippen MR) is 61.6 cm³/mol. The van der Waals surface area contributed by atoms with Gasteiger partial charge < -0.3 is 14.6 Å². The molecule has 1 aliphatic heterocycles. The Morgan fingerprint density at radius 2 is 2.12 bits per heavy atom. The summed E-state index contributed by atoms with van der Waals surface area (Å²) in [6, 6.07) is 7.44. The van der Waals surface area contributed by atoms with E-state index in [1.165, 1.54) is 0 Å². The summed E-state index contributed by atoms with van der Waals surface area (Å²) in [5.74, 6) is 0. The molecule has 1 fully saturated rings. The number of nitrogens with one attached hydrogen (secondary N) is 1. The van der Waals surface area contributed by atoms with Gasteiger partial charge in [-0.25, -0.2) is 4.21 Å². The van der Waals surface area contributed by atoms with Crippen LogP contribution in [0, 0.1) is 0 Å². The second kappa shape index (κ2) is 5.05. The molecule has 0 spiro atoms. The molecule has 0 bridgehead atoms. The monoisotopic (exact) mass is 241 g/mol. The molecule has 0 aliphatic carbocycles. The van der Waals surface area contributed by atoms with E-state index in [1.807, 2.05) is 12.1 Å². The van der Waals surface area contributed by atoms with Gasteiger partial charge in [0.15, 0.2) is 11.1 Å². The fraction of sp³-hybridized carbons (Fsp3) is 0.455. The number of ether oxygens (including phenoxy) is 1. The van der Waals surface area contributed by atoms with Crippen molar-refractivity contribution in [2.45, 2.75) is 23.5 Å². The summed E-state index contributed by atoms with van der Waals surface area (Å²) >= 11 is -1.89. The molecule has 3 atom stereocenters. The van der Waals surface area contributed by atoms with Crippen molar-refractivity contribution in [3.63, 3.8) is 0 Å². The summed E-state index contributed by atoms with van der Waals surface area (Å²) < 4.78 is 25.0. The van der Waals surface area contributed by atoms with Crippen LogP contribution in [0.1, 0.15) is 18.0 Å². The highest BCUT2D eigenvalue weighted by molar-refractivity contribution is 7.79. The van der Waals surface area contributed by atoms with E-state index in [1.54, 1.807) is 19.2 Å². The van der Waals surface area contributed by atoms with E-state index < -0.39 is 11.1 Å². The van der Waals surface area contributed by atoms with E-state index in [2.05, 4.69) is 5.32 Å². The van der Waals surface area contributed by atoms with Gasteiger partial charge in [0.05, 0.1) is 11.0 Å². The number of rotatable bonds is 3. The molecule has 0 saturated carbocycles. The normalized spacial score (nSPS) is 26.9. The predicted octanol–water partition coefficient (Wildman–Crippen LogP) is 1.32. The second-order valence-electron chi connectivity index (χ2n) is 3.87. The van der Waals surface area contributed by atoms with E-state index in [4.69, 9.17) is 9.29 Å². The van der Waals surface area contributed by atoms with Crippen molar-refractivity contribution in [3.05, 3.63) is 29.8 Å². The van der Waals surface area contributed by atoms with Crippen LogP contribution in [0.5, 0.6) is 0 Å². The van der Waals surface area contributed by atoms with Crippen molar-refractivity contribution in [3.8, 4) is 0 Å². The Morgan fingerprint density at radius 3 is 2.62 bits per heavy atom. The zero-order valence-electron chi connectivity index (χ0n) is 9.05. The molecule has 3 unspecified atom stereocenters. The Morgan fingerprint density at radius 1 is 1.44 bits per heavy atom. The minimum absolute atomic E-state index is 0.261. The molecule has 5 heteroatoms. The van der Waals surface area contributed by atoms with Crippen molar-refractivity contribution in [2.75, 3.05) is 13.7 Å². The zero-order valence-corrected chi connectivity index (χ0v) is 9.87. The Kier molecular flexibility index (Phi) is 3.70. The topological polar surface area (TPSA) is 58.6 Å². The van der Waals surface area contributed by atoms with E-state index in [0.717, 1.165) is 18.5 Å². The summed E-state index contributed by atoms with van der Waals surface area (Å²) in [6.07, 6.45) is 1.20. The maximum atomic E-state index is 10.8. The van der Waals surface area contributed by atoms with E-state index in [9.17, 15) is 4.21 Å². The highest BCUT2D eigenvalue weighted by Crippen LogP contribution is 2.25. The molecule has 4 nitrogen and oxygen atoms in total. The quantitative estimate of drug-likeness (QED) is 0.784. The van der Waals surface area contributed by atoms with Gasteiger partial charge in [0, 0.05) is 19.7 Å². The lowest BCUT2D eigenvalue weighted by Crippen LogP contribution is -2.16. The van der Waals surface area contributed by atoms with Crippen LogP contribution in [-0.2, 0) is 15.8 Å². The summed E-state index contributed by atoms with van der Waals surface area (Å²) in [4.78, 5) is 0.435. The number of hydrogen-bond donors (Lipinski definition) is 2. The molecule has 2 N–H and O–H groups in total. The lowest BCUT2D eigenvalue weighted by molar-refractivity contribution is 0.117. The minimum atomic E-state index is -1.89. The molecule has 1 aromatic carbocycles. The van der Waals surface area contributed by atoms with Gasteiger partial charge in [-0.3, -0.25) is 0 Å². The third-order valence-corrected chi connectivity index (χ3v) is 3.58. The van der Waals surface area contributed by atoms with Crippen LogP contribution in [0.3, 0.4) is 0 Å². The third kappa shape index (κ3) is 2.49. The van der Waals surface area contributed by atoms with E-state index in [0.29, 0.717) is 4.90 Å². The molecule has 1 aliphatic rings. The lowest BCUT2D eigenvalue weighted by Gasteiger charge is -2.10. The third-order valence-electron chi connectivity index (χ3n) is 2.91. The molecule has 0 aromatic heterocycles. The largest absolute Gasteiger partial charge is 0.380 e. The van der Waals surface area contributed by atoms with Gasteiger partial charge in [-0.05, 0) is 24.1 Å². The average Bonchev–Trinajstić information content (AvgIpc) is 2.77. The molecule has 2 rings (SSSR count). The standard InChI is InChI=1S/C11H15NO3S/c1-15-9-6-11(12-7-9)8-2-4-10(5-3-8)16(13)14/h2-5,9,11-12H,6-7H2,1H3,(H,13,14). The average molecular weight is 241 g/mol. The molecule has 0 amide bonds. The Bertz CT molecular complexity index is 379. The maximum absolute atomic E-state index is 10.8. The van der Waals surface area contributed by atoms with Gasteiger partial charge in [-0.1, -0.05) is 12.1 Å². The van der Waals surface area contributed by atoms with Gasteiger partial charge >= 0.3 is 0 Å².